The highest BCUT2D eigenvalue weighted by Crippen LogP contribution is 2.28. The number of aromatic nitrogens is 2. The number of carbonyl (C=O) groups excluding carboxylic acids is 1. The average molecular weight is 378 g/mol. The maximum Gasteiger partial charge on any atom is 0.343 e. The van der Waals surface area contributed by atoms with Crippen LogP contribution in [0, 0.1) is 6.92 Å². The lowest BCUT2D eigenvalue weighted by molar-refractivity contribution is 0.0729. The van der Waals surface area contributed by atoms with Crippen molar-refractivity contribution in [1.29, 1.82) is 0 Å². The molecule has 3 aromatic rings. The van der Waals surface area contributed by atoms with Gasteiger partial charge in [0.2, 0.25) is 5.95 Å². The highest BCUT2D eigenvalue weighted by Gasteiger charge is 2.12. The van der Waals surface area contributed by atoms with Crippen molar-refractivity contribution in [1.82, 2.24) is 9.97 Å². The number of hydrogen-bond donors (Lipinski definition) is 2. The van der Waals surface area contributed by atoms with Crippen LogP contribution in [0.25, 0.3) is 0 Å². The Kier molecular flexibility index (Phi) is 5.81. The van der Waals surface area contributed by atoms with Gasteiger partial charge in [-0.3, -0.25) is 9.78 Å². The van der Waals surface area contributed by atoms with E-state index in [0.29, 0.717) is 28.3 Å². The van der Waals surface area contributed by atoms with Crippen LogP contribution in [0.1, 0.15) is 21.6 Å². The molecular weight excluding hydrogens is 360 g/mol. The zero-order chi connectivity index (χ0) is 19.9. The Bertz CT molecular complexity index is 1060. The molecule has 0 amide bonds. The summed E-state index contributed by atoms with van der Waals surface area (Å²) in [4.78, 5) is 30.3. The van der Waals surface area contributed by atoms with Crippen molar-refractivity contribution in [3.8, 4) is 11.5 Å². The van der Waals surface area contributed by atoms with Gasteiger partial charge in [0.05, 0.1) is 18.9 Å². The van der Waals surface area contributed by atoms with Crippen molar-refractivity contribution in [2.75, 3.05) is 12.5 Å². The van der Waals surface area contributed by atoms with Crippen LogP contribution in [0.4, 0.5) is 5.95 Å². The first-order valence-electron chi connectivity index (χ1n) is 8.37. The first-order valence-corrected chi connectivity index (χ1v) is 8.37. The van der Waals surface area contributed by atoms with Gasteiger partial charge in [0, 0.05) is 11.8 Å². The fourth-order valence-electron chi connectivity index (χ4n) is 2.38. The van der Waals surface area contributed by atoms with Crippen LogP contribution in [-0.2, 0) is 0 Å². The number of esters is 1. The van der Waals surface area contributed by atoms with E-state index >= 15 is 0 Å². The third kappa shape index (κ3) is 4.82. The Morgan fingerprint density at radius 3 is 2.64 bits per heavy atom. The maximum atomic E-state index is 12.2. The Morgan fingerprint density at radius 2 is 1.93 bits per heavy atom. The molecule has 1 heterocycles. The quantitative estimate of drug-likeness (QED) is 0.296. The molecule has 8 heteroatoms. The molecule has 0 bridgehead atoms. The summed E-state index contributed by atoms with van der Waals surface area (Å²) < 4.78 is 10.7. The van der Waals surface area contributed by atoms with Crippen LogP contribution < -0.4 is 20.5 Å². The standard InChI is InChI=1S/C20H18N4O4/c1-13-10-18(25)23-20(22-13)24-21-12-14-8-9-16(17(11-14)27-2)28-19(26)15-6-4-3-5-7-15/h3-12H,1-2H3,(H2,22,23,24,25)/b21-12+. The van der Waals surface area contributed by atoms with Crippen molar-refractivity contribution in [3.63, 3.8) is 0 Å². The molecule has 0 unspecified atom stereocenters. The van der Waals surface area contributed by atoms with Gasteiger partial charge < -0.3 is 9.47 Å². The normalized spacial score (nSPS) is 10.6. The number of carbonyl (C=O) groups is 1. The SMILES string of the molecule is COc1cc(/C=N/Nc2nc(C)cc(=O)[nH]2)ccc1OC(=O)c1ccccc1. The summed E-state index contributed by atoms with van der Waals surface area (Å²) in [6.07, 6.45) is 1.52. The van der Waals surface area contributed by atoms with E-state index in [9.17, 15) is 9.59 Å². The van der Waals surface area contributed by atoms with Gasteiger partial charge in [-0.2, -0.15) is 5.10 Å². The lowest BCUT2D eigenvalue weighted by Gasteiger charge is -2.10. The fourth-order valence-corrected chi connectivity index (χ4v) is 2.38. The second kappa shape index (κ2) is 8.63. The Labute approximate surface area is 160 Å². The van der Waals surface area contributed by atoms with Crippen molar-refractivity contribution in [2.45, 2.75) is 6.92 Å². The van der Waals surface area contributed by atoms with Crippen molar-refractivity contribution < 1.29 is 14.3 Å². The number of rotatable bonds is 6. The van der Waals surface area contributed by atoms with E-state index < -0.39 is 5.97 Å². The molecule has 0 fully saturated rings. The molecule has 2 N–H and O–H groups in total. The smallest absolute Gasteiger partial charge is 0.343 e. The monoisotopic (exact) mass is 378 g/mol. The molecule has 2 aromatic carbocycles. The highest BCUT2D eigenvalue weighted by molar-refractivity contribution is 5.91. The fraction of sp³-hybridized carbons (Fsp3) is 0.100. The van der Waals surface area contributed by atoms with E-state index in [-0.39, 0.29) is 11.5 Å². The molecular formula is C20H18N4O4. The van der Waals surface area contributed by atoms with Gasteiger partial charge in [0.1, 0.15) is 0 Å². The van der Waals surface area contributed by atoms with Gasteiger partial charge in [0.15, 0.2) is 11.5 Å². The zero-order valence-corrected chi connectivity index (χ0v) is 15.3. The summed E-state index contributed by atoms with van der Waals surface area (Å²) in [7, 11) is 1.48. The number of benzene rings is 2. The van der Waals surface area contributed by atoms with Crippen LogP contribution in [-0.4, -0.2) is 29.3 Å². The van der Waals surface area contributed by atoms with Gasteiger partial charge in [0.25, 0.3) is 5.56 Å². The molecule has 0 saturated carbocycles. The van der Waals surface area contributed by atoms with E-state index in [1.165, 1.54) is 19.4 Å². The van der Waals surface area contributed by atoms with Crippen molar-refractivity contribution in [3.05, 3.63) is 81.8 Å². The summed E-state index contributed by atoms with van der Waals surface area (Å²) in [5.74, 6) is 0.444. The number of anilines is 1. The minimum Gasteiger partial charge on any atom is -0.493 e. The highest BCUT2D eigenvalue weighted by atomic mass is 16.6. The maximum absolute atomic E-state index is 12.2. The largest absolute Gasteiger partial charge is 0.493 e. The van der Waals surface area contributed by atoms with Gasteiger partial charge in [-0.1, -0.05) is 18.2 Å². The van der Waals surface area contributed by atoms with Gasteiger partial charge in [-0.05, 0) is 42.8 Å². The Balaban J connectivity index is 1.72. The number of methoxy groups -OCH3 is 1. The van der Waals surface area contributed by atoms with E-state index in [1.54, 1.807) is 49.4 Å². The van der Waals surface area contributed by atoms with Gasteiger partial charge in [-0.25, -0.2) is 15.2 Å². The molecule has 0 atom stereocenters. The Morgan fingerprint density at radius 1 is 1.14 bits per heavy atom. The predicted octanol–water partition coefficient (Wildman–Crippen LogP) is 2.75. The second-order valence-corrected chi connectivity index (χ2v) is 5.77. The molecule has 1 aromatic heterocycles. The van der Waals surface area contributed by atoms with Crippen LogP contribution in [0.5, 0.6) is 11.5 Å². The number of H-pyrrole nitrogens is 1. The molecule has 142 valence electrons. The number of nitrogens with zero attached hydrogens (tertiary/aromatic N) is 2. The third-order valence-corrected chi connectivity index (χ3v) is 3.65. The van der Waals surface area contributed by atoms with E-state index in [2.05, 4.69) is 20.5 Å². The number of ether oxygens (including phenoxy) is 2. The first-order chi connectivity index (χ1) is 13.5. The summed E-state index contributed by atoms with van der Waals surface area (Å²) in [5, 5.41) is 4.04. The number of hydrogen-bond acceptors (Lipinski definition) is 7. The van der Waals surface area contributed by atoms with E-state index in [1.807, 2.05) is 6.07 Å². The number of aryl methyl sites for hydroxylation is 1. The summed E-state index contributed by atoms with van der Waals surface area (Å²) in [5.41, 5.74) is 4.10. The van der Waals surface area contributed by atoms with Crippen LogP contribution in [0.3, 0.4) is 0 Å². The molecule has 3 rings (SSSR count). The molecule has 0 radical (unpaired) electrons. The second-order valence-electron chi connectivity index (χ2n) is 5.77. The topological polar surface area (TPSA) is 106 Å². The summed E-state index contributed by atoms with van der Waals surface area (Å²) in [6, 6.07) is 15.1. The summed E-state index contributed by atoms with van der Waals surface area (Å²) >= 11 is 0. The van der Waals surface area contributed by atoms with Gasteiger partial charge in [-0.15, -0.1) is 0 Å². The Hall–Kier alpha value is -3.94. The zero-order valence-electron chi connectivity index (χ0n) is 15.3. The van der Waals surface area contributed by atoms with E-state index in [0.717, 1.165) is 0 Å². The average Bonchev–Trinajstić information content (AvgIpc) is 2.69. The lowest BCUT2D eigenvalue weighted by Crippen LogP contribution is -2.10. The van der Waals surface area contributed by atoms with Crippen LogP contribution in [0.2, 0.25) is 0 Å². The minimum absolute atomic E-state index is 0.238. The molecule has 0 aliphatic rings. The number of nitrogens with one attached hydrogen (secondary N) is 2. The molecule has 8 nitrogen and oxygen atoms in total. The molecule has 0 aliphatic heterocycles. The van der Waals surface area contributed by atoms with Crippen molar-refractivity contribution in [2.24, 2.45) is 5.10 Å². The molecule has 0 aliphatic carbocycles. The molecule has 28 heavy (non-hydrogen) atoms. The van der Waals surface area contributed by atoms with Gasteiger partial charge >= 0.3 is 5.97 Å². The minimum atomic E-state index is -0.476. The molecule has 0 saturated heterocycles. The number of hydrazone groups is 1. The third-order valence-electron chi connectivity index (χ3n) is 3.65. The summed E-state index contributed by atoms with van der Waals surface area (Å²) in [6.45, 7) is 1.71. The van der Waals surface area contributed by atoms with Crippen molar-refractivity contribution >= 4 is 18.1 Å². The van der Waals surface area contributed by atoms with Crippen LogP contribution in [0.15, 0.2) is 64.5 Å². The predicted molar refractivity (Wildman–Crippen MR) is 105 cm³/mol. The van der Waals surface area contributed by atoms with E-state index in [4.69, 9.17) is 9.47 Å². The van der Waals surface area contributed by atoms with Crippen LogP contribution >= 0.6 is 0 Å². The molecule has 0 spiro atoms. The number of aromatic amines is 1. The first kappa shape index (κ1) is 18.8. The lowest BCUT2D eigenvalue weighted by atomic mass is 10.2.